The number of aliphatic hydroxyl groups is 3. The first-order valence-electron chi connectivity index (χ1n) is 21.3. The molecule has 2 amide bonds. The van der Waals surface area contributed by atoms with Gasteiger partial charge in [-0.15, -0.1) is 0 Å². The lowest BCUT2D eigenvalue weighted by Gasteiger charge is -2.36. The zero-order valence-corrected chi connectivity index (χ0v) is 36.5. The van der Waals surface area contributed by atoms with Crippen molar-refractivity contribution >= 4 is 62.5 Å². The number of pyridine rings is 2. The second kappa shape index (κ2) is 17.5. The standard InChI is InChI=1S/C24H29ClN2O5.C22H27ClN2O4/c1-15(13-32-16(2)28)27-12-5-17-18(22(27)30)3-4-19(25)20(17)21(29)26-14-24(31)10-8-23(6-7-23)9-11-24;1-14(12-26)25-11-4-15-16(20(25)28)2-3-17(23)18(15)19(27)24-13-22(29)9-7-21(5-6-21)8-10-22/h3-5,12,15,31H,6-11,13-14H2,1-2H3,(H,26,29);2-4,11,14,26,29H,5-10,12-13H2,1H3,(H,24,27)/t15-;14-/m11/s1. The van der Waals surface area contributed by atoms with Gasteiger partial charge in [-0.05, 0) is 138 Å². The van der Waals surface area contributed by atoms with Crippen LogP contribution in [0.2, 0.25) is 10.0 Å². The minimum Gasteiger partial charge on any atom is -0.464 e. The van der Waals surface area contributed by atoms with E-state index in [1.54, 1.807) is 56.6 Å². The van der Waals surface area contributed by atoms with E-state index in [2.05, 4.69) is 10.6 Å². The molecule has 5 N–H and O–H groups in total. The highest BCUT2D eigenvalue weighted by Gasteiger charge is 2.49. The average molecular weight is 880 g/mol. The average Bonchev–Trinajstić information content (AvgIpc) is 4.19. The molecule has 0 bridgehead atoms. The minimum absolute atomic E-state index is 0.0710. The monoisotopic (exact) mass is 878 g/mol. The molecule has 61 heavy (non-hydrogen) atoms. The van der Waals surface area contributed by atoms with Gasteiger partial charge >= 0.3 is 5.97 Å². The van der Waals surface area contributed by atoms with Gasteiger partial charge in [0, 0.05) is 54.0 Å². The third-order valence-corrected chi connectivity index (χ3v) is 14.5. The SMILES string of the molecule is CC(=O)OC[C@@H](C)n1ccc2c(C(=O)NCC3(O)CCC4(CC3)CC4)c(Cl)ccc2c1=O.C[C@H](CO)n1ccc2c(C(=O)NCC3(O)CCC4(CC3)CC4)c(Cl)ccc2c1=O. The van der Waals surface area contributed by atoms with Gasteiger partial charge in [0.2, 0.25) is 0 Å². The number of nitrogens with one attached hydrogen (secondary N) is 2. The van der Waals surface area contributed by atoms with Crippen molar-refractivity contribution in [1.29, 1.82) is 0 Å². The summed E-state index contributed by atoms with van der Waals surface area (Å²) in [5.41, 5.74) is -1.00. The number of benzene rings is 2. The molecule has 13 nitrogen and oxygen atoms in total. The fourth-order valence-electron chi connectivity index (χ4n) is 9.06. The zero-order valence-electron chi connectivity index (χ0n) is 35.0. The van der Waals surface area contributed by atoms with E-state index >= 15 is 0 Å². The first-order valence-corrected chi connectivity index (χ1v) is 22.1. The van der Waals surface area contributed by atoms with Crippen LogP contribution < -0.4 is 21.8 Å². The predicted octanol–water partition coefficient (Wildman–Crippen LogP) is 6.62. The Labute approximate surface area is 364 Å². The molecule has 4 saturated carbocycles. The van der Waals surface area contributed by atoms with Crippen molar-refractivity contribution in [3.63, 3.8) is 0 Å². The number of amides is 2. The summed E-state index contributed by atoms with van der Waals surface area (Å²) in [5, 5.41) is 38.9. The fourth-order valence-corrected chi connectivity index (χ4v) is 9.56. The molecule has 2 atom stereocenters. The van der Waals surface area contributed by atoms with Crippen molar-refractivity contribution in [2.24, 2.45) is 10.8 Å². The maximum absolute atomic E-state index is 13.0. The Morgan fingerprint density at radius 3 is 1.38 bits per heavy atom. The predicted molar refractivity (Wildman–Crippen MR) is 234 cm³/mol. The Kier molecular flexibility index (Phi) is 12.8. The van der Waals surface area contributed by atoms with E-state index in [-0.39, 0.29) is 70.7 Å². The Bertz CT molecular complexity index is 2450. The molecule has 2 aromatic heterocycles. The van der Waals surface area contributed by atoms with E-state index in [1.165, 1.54) is 47.8 Å². The number of esters is 1. The van der Waals surface area contributed by atoms with Gasteiger partial charge in [0.25, 0.3) is 22.9 Å². The van der Waals surface area contributed by atoms with E-state index in [9.17, 15) is 39.3 Å². The maximum atomic E-state index is 13.0. The first kappa shape index (κ1) is 44.8. The van der Waals surface area contributed by atoms with Crippen LogP contribution in [-0.2, 0) is 9.53 Å². The summed E-state index contributed by atoms with van der Waals surface area (Å²) in [6.45, 7) is 5.08. The number of carbonyl (C=O) groups excluding carboxylic acids is 3. The Hall–Kier alpha value is -4.27. The molecular weight excluding hydrogens is 823 g/mol. The van der Waals surface area contributed by atoms with Gasteiger partial charge in [0.05, 0.1) is 51.1 Å². The maximum Gasteiger partial charge on any atom is 0.302 e. The number of rotatable bonds is 11. The van der Waals surface area contributed by atoms with Crippen LogP contribution in [0.4, 0.5) is 0 Å². The van der Waals surface area contributed by atoms with Crippen LogP contribution in [0.15, 0.2) is 58.4 Å². The van der Waals surface area contributed by atoms with Crippen LogP contribution in [-0.4, -0.2) is 79.7 Å². The summed E-state index contributed by atoms with van der Waals surface area (Å²) in [6.07, 6.45) is 14.9. The summed E-state index contributed by atoms with van der Waals surface area (Å²) in [5.74, 6) is -1.22. The van der Waals surface area contributed by atoms with E-state index in [0.717, 1.165) is 25.7 Å². The Balaban J connectivity index is 0.000000185. The molecule has 4 aliphatic rings. The molecule has 4 aliphatic carbocycles. The normalized spacial score (nSPS) is 21.6. The molecule has 4 aromatic rings. The molecule has 8 rings (SSSR count). The first-order chi connectivity index (χ1) is 28.9. The highest BCUT2D eigenvalue weighted by molar-refractivity contribution is 6.36. The van der Waals surface area contributed by atoms with E-state index < -0.39 is 29.0 Å². The summed E-state index contributed by atoms with van der Waals surface area (Å²) in [7, 11) is 0. The summed E-state index contributed by atoms with van der Waals surface area (Å²) in [6, 6.07) is 8.89. The molecule has 328 valence electrons. The number of aliphatic hydroxyl groups excluding tert-OH is 1. The van der Waals surface area contributed by atoms with Crippen molar-refractivity contribution in [1.82, 2.24) is 19.8 Å². The zero-order chi connectivity index (χ0) is 43.9. The number of halogens is 2. The minimum atomic E-state index is -0.903. The largest absolute Gasteiger partial charge is 0.464 e. The van der Waals surface area contributed by atoms with Crippen molar-refractivity contribution in [3.8, 4) is 0 Å². The van der Waals surface area contributed by atoms with Crippen LogP contribution in [0, 0.1) is 10.8 Å². The molecular formula is C46H56Cl2N4O9. The molecule has 4 fully saturated rings. The number of hydrogen-bond acceptors (Lipinski definition) is 9. The van der Waals surface area contributed by atoms with Crippen molar-refractivity contribution in [2.45, 2.75) is 121 Å². The molecule has 15 heteroatoms. The van der Waals surface area contributed by atoms with Gasteiger partial charge in [-0.2, -0.15) is 0 Å². The number of hydrogen-bond donors (Lipinski definition) is 5. The molecule has 2 heterocycles. The van der Waals surface area contributed by atoms with E-state index in [1.807, 2.05) is 0 Å². The van der Waals surface area contributed by atoms with Crippen LogP contribution in [0.25, 0.3) is 21.5 Å². The van der Waals surface area contributed by atoms with Crippen molar-refractivity contribution in [2.75, 3.05) is 26.3 Å². The summed E-state index contributed by atoms with van der Waals surface area (Å²) < 4.78 is 7.93. The summed E-state index contributed by atoms with van der Waals surface area (Å²) in [4.78, 5) is 62.9. The molecule has 0 aliphatic heterocycles. The summed E-state index contributed by atoms with van der Waals surface area (Å²) >= 11 is 12.7. The lowest BCUT2D eigenvalue weighted by molar-refractivity contribution is -0.141. The molecule has 0 unspecified atom stereocenters. The number of aromatic nitrogens is 2. The van der Waals surface area contributed by atoms with Crippen LogP contribution in [0.5, 0.6) is 0 Å². The molecule has 0 radical (unpaired) electrons. The van der Waals surface area contributed by atoms with Gasteiger partial charge in [-0.1, -0.05) is 23.2 Å². The van der Waals surface area contributed by atoms with Gasteiger partial charge in [-0.3, -0.25) is 24.0 Å². The van der Waals surface area contributed by atoms with E-state index in [4.69, 9.17) is 27.9 Å². The number of carbonyl (C=O) groups is 3. The van der Waals surface area contributed by atoms with Gasteiger partial charge in [0.1, 0.15) is 6.61 Å². The second-order valence-electron chi connectivity index (χ2n) is 18.3. The highest BCUT2D eigenvalue weighted by Crippen LogP contribution is 2.58. The molecule has 2 spiro atoms. The highest BCUT2D eigenvalue weighted by atomic mass is 35.5. The third-order valence-electron chi connectivity index (χ3n) is 13.9. The van der Waals surface area contributed by atoms with Crippen LogP contribution >= 0.6 is 23.2 Å². The topological polar surface area (TPSA) is 189 Å². The number of nitrogens with zero attached hydrogens (tertiary/aromatic N) is 2. The Morgan fingerprint density at radius 1 is 0.639 bits per heavy atom. The smallest absolute Gasteiger partial charge is 0.302 e. The van der Waals surface area contributed by atoms with Gasteiger partial charge in [-0.25, -0.2) is 0 Å². The third kappa shape index (κ3) is 9.71. The quantitative estimate of drug-likeness (QED) is 0.103. The lowest BCUT2D eigenvalue weighted by atomic mass is 9.77. The van der Waals surface area contributed by atoms with Crippen molar-refractivity contribution < 1.29 is 34.4 Å². The van der Waals surface area contributed by atoms with Gasteiger partial charge < -0.3 is 39.8 Å². The second-order valence-corrected chi connectivity index (χ2v) is 19.1. The van der Waals surface area contributed by atoms with Crippen LogP contribution in [0.1, 0.15) is 131 Å². The number of fused-ring (bicyclic) bond motifs is 2. The van der Waals surface area contributed by atoms with Gasteiger partial charge in [0.15, 0.2) is 0 Å². The van der Waals surface area contributed by atoms with Crippen molar-refractivity contribution in [3.05, 3.63) is 90.7 Å². The fraction of sp³-hybridized carbons (Fsp3) is 0.543. The van der Waals surface area contributed by atoms with E-state index in [0.29, 0.717) is 58.1 Å². The lowest BCUT2D eigenvalue weighted by Crippen LogP contribution is -2.45. The molecule has 2 aromatic carbocycles. The number of ether oxygens (including phenoxy) is 1. The Morgan fingerprint density at radius 2 is 1.02 bits per heavy atom. The molecule has 0 saturated heterocycles. The van der Waals surface area contributed by atoms with Crippen LogP contribution in [0.3, 0.4) is 0 Å².